The molecule has 0 fully saturated rings. The molecule has 0 saturated heterocycles. The first-order valence-corrected chi connectivity index (χ1v) is 5.22. The van der Waals surface area contributed by atoms with Gasteiger partial charge in [0.2, 0.25) is 5.76 Å². The lowest BCUT2D eigenvalue weighted by molar-refractivity contribution is 0.0987. The number of nitrogens with one attached hydrogen (secondary N) is 1. The van der Waals surface area contributed by atoms with Crippen LogP contribution in [-0.4, -0.2) is 11.1 Å². The van der Waals surface area contributed by atoms with E-state index in [0.717, 1.165) is 5.56 Å². The van der Waals surface area contributed by atoms with Crippen molar-refractivity contribution < 1.29 is 9.32 Å². The van der Waals surface area contributed by atoms with Gasteiger partial charge in [-0.25, -0.2) is 0 Å². The summed E-state index contributed by atoms with van der Waals surface area (Å²) in [4.78, 5) is 11.8. The molecule has 0 aliphatic rings. The Kier molecular flexibility index (Phi) is 3.20. The highest BCUT2D eigenvalue weighted by atomic mass is 16.5. The van der Waals surface area contributed by atoms with Crippen LogP contribution in [0.4, 0.5) is 5.69 Å². The molecule has 0 bridgehead atoms. The van der Waals surface area contributed by atoms with E-state index in [2.05, 4.69) is 10.5 Å². The Bertz CT molecular complexity index is 534. The van der Waals surface area contributed by atoms with Crippen molar-refractivity contribution in [3.8, 4) is 0 Å². The fourth-order valence-corrected chi connectivity index (χ4v) is 1.47. The summed E-state index contributed by atoms with van der Waals surface area (Å²) in [5.41, 5.74) is 7.88. The zero-order valence-corrected chi connectivity index (χ0v) is 9.43. The third kappa shape index (κ3) is 2.51. The zero-order chi connectivity index (χ0) is 12.3. The van der Waals surface area contributed by atoms with Crippen LogP contribution in [0.15, 0.2) is 35.0 Å². The normalized spacial score (nSPS) is 10.2. The summed E-state index contributed by atoms with van der Waals surface area (Å²) >= 11 is 0. The highest BCUT2D eigenvalue weighted by molar-refractivity contribution is 6.03. The van der Waals surface area contributed by atoms with Gasteiger partial charge in [0.15, 0.2) is 0 Å². The van der Waals surface area contributed by atoms with Crippen LogP contribution < -0.4 is 11.1 Å². The van der Waals surface area contributed by atoms with E-state index in [1.807, 2.05) is 18.2 Å². The van der Waals surface area contributed by atoms with Crippen molar-refractivity contribution in [1.82, 2.24) is 5.16 Å². The average Bonchev–Trinajstić information content (AvgIpc) is 2.76. The number of aryl methyl sites for hydroxylation is 1. The van der Waals surface area contributed by atoms with Crippen LogP contribution in [0.3, 0.4) is 0 Å². The fraction of sp³-hybridized carbons (Fsp3) is 0.167. The number of nitrogens with zero attached hydrogens (tertiary/aromatic N) is 1. The van der Waals surface area contributed by atoms with Crippen LogP contribution in [0.2, 0.25) is 0 Å². The molecule has 0 aliphatic heterocycles. The molecule has 17 heavy (non-hydrogen) atoms. The van der Waals surface area contributed by atoms with Crippen LogP contribution in [0.5, 0.6) is 0 Å². The second kappa shape index (κ2) is 4.80. The Morgan fingerprint density at radius 3 is 3.00 bits per heavy atom. The van der Waals surface area contributed by atoms with Crippen molar-refractivity contribution in [3.63, 3.8) is 0 Å². The number of hydrogen-bond acceptors (Lipinski definition) is 4. The van der Waals surface area contributed by atoms with Crippen LogP contribution in [0.25, 0.3) is 0 Å². The fourth-order valence-electron chi connectivity index (χ4n) is 1.47. The maximum absolute atomic E-state index is 11.8. The monoisotopic (exact) mass is 231 g/mol. The van der Waals surface area contributed by atoms with Crippen LogP contribution in [0, 0.1) is 6.92 Å². The van der Waals surface area contributed by atoms with Gasteiger partial charge in [-0.05, 0) is 24.6 Å². The van der Waals surface area contributed by atoms with Crippen LogP contribution in [0.1, 0.15) is 21.7 Å². The number of amides is 1. The molecule has 5 heteroatoms. The summed E-state index contributed by atoms with van der Waals surface area (Å²) in [5.74, 6) is -0.0858. The minimum atomic E-state index is -0.311. The Morgan fingerprint density at radius 2 is 2.35 bits per heavy atom. The molecule has 1 heterocycles. The predicted octanol–water partition coefficient (Wildman–Crippen LogP) is 1.69. The smallest absolute Gasteiger partial charge is 0.294 e. The number of hydrogen-bond donors (Lipinski definition) is 2. The molecule has 0 saturated carbocycles. The van der Waals surface area contributed by atoms with Gasteiger partial charge < -0.3 is 15.6 Å². The minimum Gasteiger partial charge on any atom is -0.351 e. The molecule has 3 N–H and O–H groups in total. The first-order valence-electron chi connectivity index (χ1n) is 5.22. The van der Waals surface area contributed by atoms with Gasteiger partial charge in [0, 0.05) is 17.8 Å². The number of rotatable bonds is 3. The van der Waals surface area contributed by atoms with Gasteiger partial charge in [0.05, 0.1) is 6.20 Å². The van der Waals surface area contributed by atoms with Gasteiger partial charge in [-0.15, -0.1) is 0 Å². The number of aromatic nitrogens is 1. The van der Waals surface area contributed by atoms with Crippen LogP contribution >= 0.6 is 0 Å². The topological polar surface area (TPSA) is 81.2 Å². The number of benzene rings is 1. The van der Waals surface area contributed by atoms with E-state index >= 15 is 0 Å². The molecule has 2 aromatic rings. The molecule has 0 radical (unpaired) electrons. The van der Waals surface area contributed by atoms with Gasteiger partial charge in [-0.3, -0.25) is 4.79 Å². The predicted molar refractivity (Wildman–Crippen MR) is 63.5 cm³/mol. The van der Waals surface area contributed by atoms with Crippen molar-refractivity contribution in [2.24, 2.45) is 5.73 Å². The number of nitrogens with two attached hydrogens (primary N) is 1. The maximum Gasteiger partial charge on any atom is 0.294 e. The van der Waals surface area contributed by atoms with Gasteiger partial charge in [-0.2, -0.15) is 0 Å². The van der Waals surface area contributed by atoms with E-state index in [1.54, 1.807) is 13.0 Å². The van der Waals surface area contributed by atoms with E-state index in [1.165, 1.54) is 6.20 Å². The molecule has 1 aromatic heterocycles. The second-order valence-corrected chi connectivity index (χ2v) is 3.70. The Morgan fingerprint density at radius 1 is 1.53 bits per heavy atom. The van der Waals surface area contributed by atoms with Crippen molar-refractivity contribution in [2.45, 2.75) is 13.5 Å². The van der Waals surface area contributed by atoms with Crippen molar-refractivity contribution >= 4 is 11.6 Å². The number of anilines is 1. The molecule has 2 rings (SSSR count). The lowest BCUT2D eigenvalue weighted by Gasteiger charge is -2.04. The molecule has 5 nitrogen and oxygen atoms in total. The first kappa shape index (κ1) is 11.3. The summed E-state index contributed by atoms with van der Waals surface area (Å²) in [6.07, 6.45) is 1.51. The lowest BCUT2D eigenvalue weighted by Crippen LogP contribution is -2.12. The Balaban J connectivity index is 2.16. The molecule has 1 aromatic carbocycles. The van der Waals surface area contributed by atoms with Gasteiger partial charge in [0.1, 0.15) is 0 Å². The van der Waals surface area contributed by atoms with Crippen LogP contribution in [-0.2, 0) is 6.54 Å². The molecule has 0 atom stereocenters. The SMILES string of the molecule is Cc1cnoc1C(=O)Nc1cccc(CN)c1. The zero-order valence-electron chi connectivity index (χ0n) is 9.43. The largest absolute Gasteiger partial charge is 0.351 e. The molecule has 0 spiro atoms. The molecule has 1 amide bonds. The third-order valence-electron chi connectivity index (χ3n) is 2.38. The van der Waals surface area contributed by atoms with E-state index in [9.17, 15) is 4.79 Å². The summed E-state index contributed by atoms with van der Waals surface area (Å²) in [5, 5.41) is 6.29. The minimum absolute atomic E-state index is 0.225. The Labute approximate surface area is 98.6 Å². The summed E-state index contributed by atoms with van der Waals surface area (Å²) < 4.78 is 4.87. The molecule has 0 aliphatic carbocycles. The maximum atomic E-state index is 11.8. The summed E-state index contributed by atoms with van der Waals surface area (Å²) in [7, 11) is 0. The second-order valence-electron chi connectivity index (χ2n) is 3.70. The quantitative estimate of drug-likeness (QED) is 0.842. The molecular weight excluding hydrogens is 218 g/mol. The van der Waals surface area contributed by atoms with Crippen molar-refractivity contribution in [1.29, 1.82) is 0 Å². The number of carbonyl (C=O) groups is 1. The highest BCUT2D eigenvalue weighted by Crippen LogP contribution is 2.13. The van der Waals surface area contributed by atoms with E-state index in [0.29, 0.717) is 17.8 Å². The van der Waals surface area contributed by atoms with Crippen molar-refractivity contribution in [2.75, 3.05) is 5.32 Å². The average molecular weight is 231 g/mol. The Hall–Kier alpha value is -2.14. The summed E-state index contributed by atoms with van der Waals surface area (Å²) in [6.45, 7) is 2.20. The third-order valence-corrected chi connectivity index (χ3v) is 2.38. The van der Waals surface area contributed by atoms with Gasteiger partial charge in [-0.1, -0.05) is 17.3 Å². The van der Waals surface area contributed by atoms with E-state index in [-0.39, 0.29) is 11.7 Å². The van der Waals surface area contributed by atoms with Gasteiger partial charge >= 0.3 is 0 Å². The highest BCUT2D eigenvalue weighted by Gasteiger charge is 2.14. The van der Waals surface area contributed by atoms with E-state index < -0.39 is 0 Å². The lowest BCUT2D eigenvalue weighted by atomic mass is 10.2. The number of carbonyl (C=O) groups excluding carboxylic acids is 1. The molecular formula is C12H13N3O2. The molecule has 0 unspecified atom stereocenters. The summed E-state index contributed by atoms with van der Waals surface area (Å²) in [6, 6.07) is 7.35. The molecule has 88 valence electrons. The van der Waals surface area contributed by atoms with E-state index in [4.69, 9.17) is 10.3 Å². The van der Waals surface area contributed by atoms with Gasteiger partial charge in [0.25, 0.3) is 5.91 Å². The standard InChI is InChI=1S/C12H13N3O2/c1-8-7-14-17-11(8)12(16)15-10-4-2-3-9(5-10)6-13/h2-5,7H,6,13H2,1H3,(H,15,16). The first-order chi connectivity index (χ1) is 8.20. The van der Waals surface area contributed by atoms with Crippen molar-refractivity contribution in [3.05, 3.63) is 47.3 Å².